The molecule has 0 aliphatic carbocycles. The molecule has 0 saturated carbocycles. The summed E-state index contributed by atoms with van der Waals surface area (Å²) in [6, 6.07) is 3.29. The largest absolute Gasteiger partial charge is 0.326 e. The molecule has 0 fully saturated rings. The lowest BCUT2D eigenvalue weighted by Crippen LogP contribution is -2.14. The molecule has 0 aliphatic heterocycles. The van der Waals surface area contributed by atoms with Gasteiger partial charge in [0.1, 0.15) is 6.54 Å². The van der Waals surface area contributed by atoms with Gasteiger partial charge in [0, 0.05) is 23.0 Å². The van der Waals surface area contributed by atoms with Gasteiger partial charge in [-0.2, -0.15) is 0 Å². The first-order valence-corrected chi connectivity index (χ1v) is 3.53. The second kappa shape index (κ2) is 4.74. The maximum absolute atomic E-state index is 11.0. The fourth-order valence-electron chi connectivity index (χ4n) is 0.732. The highest BCUT2D eigenvalue weighted by atomic mass is 16.1. The molecule has 0 spiro atoms. The Balaban J connectivity index is 2.50. The number of rotatable bonds is 3. The normalized spacial score (nSPS) is 8.62. The number of azide groups is 1. The fourth-order valence-corrected chi connectivity index (χ4v) is 0.732. The predicted octanol–water partition coefficient (Wildman–Crippen LogP) is 1.33. The van der Waals surface area contributed by atoms with Gasteiger partial charge in [0.25, 0.3) is 0 Å². The Labute approximate surface area is 74.2 Å². The van der Waals surface area contributed by atoms with E-state index in [1.54, 1.807) is 24.5 Å². The van der Waals surface area contributed by atoms with E-state index in [9.17, 15) is 4.79 Å². The third kappa shape index (κ3) is 3.22. The standard InChI is InChI=1S/C7H7N5O/c8-12-10-5-7(13)11-6-1-3-9-4-2-6/h1-4H,5H2,(H,9,11,13). The highest BCUT2D eigenvalue weighted by Crippen LogP contribution is 2.02. The predicted molar refractivity (Wildman–Crippen MR) is 46.9 cm³/mol. The number of aromatic nitrogens is 1. The lowest BCUT2D eigenvalue weighted by molar-refractivity contribution is -0.114. The highest BCUT2D eigenvalue weighted by molar-refractivity contribution is 5.92. The zero-order valence-corrected chi connectivity index (χ0v) is 6.71. The molecule has 0 radical (unpaired) electrons. The van der Waals surface area contributed by atoms with Crippen LogP contribution in [-0.2, 0) is 4.79 Å². The molecule has 1 heterocycles. The van der Waals surface area contributed by atoms with Crippen LogP contribution in [0.5, 0.6) is 0 Å². The Hall–Kier alpha value is -2.07. The van der Waals surface area contributed by atoms with Crippen LogP contribution in [0.25, 0.3) is 10.4 Å². The Morgan fingerprint density at radius 1 is 1.62 bits per heavy atom. The molecule has 6 heteroatoms. The van der Waals surface area contributed by atoms with E-state index in [0.717, 1.165) is 0 Å². The number of amides is 1. The summed E-state index contributed by atoms with van der Waals surface area (Å²) in [5.74, 6) is -0.344. The van der Waals surface area contributed by atoms with E-state index in [4.69, 9.17) is 5.53 Å². The lowest BCUT2D eigenvalue weighted by Gasteiger charge is -2.00. The maximum Gasteiger partial charge on any atom is 0.230 e. The molecule has 13 heavy (non-hydrogen) atoms. The second-order valence-corrected chi connectivity index (χ2v) is 2.17. The Kier molecular flexibility index (Phi) is 3.29. The minimum Gasteiger partial charge on any atom is -0.326 e. The first-order valence-electron chi connectivity index (χ1n) is 3.53. The molecule has 0 saturated heterocycles. The van der Waals surface area contributed by atoms with Crippen LogP contribution in [0.4, 0.5) is 5.69 Å². The third-order valence-corrected chi connectivity index (χ3v) is 1.24. The monoisotopic (exact) mass is 177 g/mol. The lowest BCUT2D eigenvalue weighted by atomic mass is 10.4. The number of pyridine rings is 1. The van der Waals surface area contributed by atoms with Crippen LogP contribution >= 0.6 is 0 Å². The number of anilines is 1. The molecule has 1 aromatic heterocycles. The van der Waals surface area contributed by atoms with Crippen LogP contribution in [-0.4, -0.2) is 17.4 Å². The van der Waals surface area contributed by atoms with E-state index in [2.05, 4.69) is 20.3 Å². The van der Waals surface area contributed by atoms with Gasteiger partial charge in [-0.25, -0.2) is 0 Å². The molecule has 1 rings (SSSR count). The molecule has 1 aromatic rings. The summed E-state index contributed by atoms with van der Waals surface area (Å²) in [6.45, 7) is -0.196. The molecule has 0 bridgehead atoms. The molecule has 0 aromatic carbocycles. The van der Waals surface area contributed by atoms with Crippen LogP contribution in [0.3, 0.4) is 0 Å². The highest BCUT2D eigenvalue weighted by Gasteiger charge is 1.98. The van der Waals surface area contributed by atoms with Gasteiger partial charge in [-0.3, -0.25) is 9.78 Å². The number of carbonyl (C=O) groups is 1. The van der Waals surface area contributed by atoms with E-state index in [1.807, 2.05) is 0 Å². The van der Waals surface area contributed by atoms with Gasteiger partial charge in [-0.1, -0.05) is 5.11 Å². The smallest absolute Gasteiger partial charge is 0.230 e. The summed E-state index contributed by atoms with van der Waals surface area (Å²) in [4.78, 5) is 17.2. The molecule has 1 amide bonds. The molecule has 0 aliphatic rings. The van der Waals surface area contributed by atoms with Crippen LogP contribution in [0.2, 0.25) is 0 Å². The van der Waals surface area contributed by atoms with Gasteiger partial charge in [-0.15, -0.1) is 0 Å². The molecule has 6 nitrogen and oxygen atoms in total. The zero-order chi connectivity index (χ0) is 9.52. The molecule has 0 unspecified atom stereocenters. The minimum atomic E-state index is -0.344. The van der Waals surface area contributed by atoms with Gasteiger partial charge in [0.2, 0.25) is 5.91 Å². The van der Waals surface area contributed by atoms with Crippen molar-refractivity contribution in [1.29, 1.82) is 0 Å². The van der Waals surface area contributed by atoms with Gasteiger partial charge in [0.15, 0.2) is 0 Å². The van der Waals surface area contributed by atoms with Crippen molar-refractivity contribution in [2.24, 2.45) is 5.11 Å². The first kappa shape index (κ1) is 9.02. The van der Waals surface area contributed by atoms with E-state index in [0.29, 0.717) is 5.69 Å². The van der Waals surface area contributed by atoms with Crippen molar-refractivity contribution in [1.82, 2.24) is 4.98 Å². The summed E-state index contributed by atoms with van der Waals surface area (Å²) in [6.07, 6.45) is 3.12. The number of hydrogen-bond acceptors (Lipinski definition) is 3. The second-order valence-electron chi connectivity index (χ2n) is 2.17. The van der Waals surface area contributed by atoms with Crippen molar-refractivity contribution in [3.63, 3.8) is 0 Å². The number of nitrogens with zero attached hydrogens (tertiary/aromatic N) is 4. The van der Waals surface area contributed by atoms with E-state index in [-0.39, 0.29) is 12.5 Å². The molecular weight excluding hydrogens is 170 g/mol. The fraction of sp³-hybridized carbons (Fsp3) is 0.143. The zero-order valence-electron chi connectivity index (χ0n) is 6.71. The van der Waals surface area contributed by atoms with Crippen molar-refractivity contribution < 1.29 is 4.79 Å². The summed E-state index contributed by atoms with van der Waals surface area (Å²) in [7, 11) is 0. The number of nitrogens with one attached hydrogen (secondary N) is 1. The van der Waals surface area contributed by atoms with Gasteiger partial charge in [-0.05, 0) is 17.7 Å². The SMILES string of the molecule is [N-]=[N+]=NCC(=O)Nc1ccncc1. The van der Waals surface area contributed by atoms with Crippen LogP contribution < -0.4 is 5.32 Å². The van der Waals surface area contributed by atoms with Crippen LogP contribution in [0.15, 0.2) is 29.6 Å². The Morgan fingerprint density at radius 3 is 2.92 bits per heavy atom. The number of carbonyl (C=O) groups excluding carboxylic acids is 1. The van der Waals surface area contributed by atoms with Gasteiger partial charge >= 0.3 is 0 Å². The topological polar surface area (TPSA) is 90.8 Å². The molecule has 0 atom stereocenters. The van der Waals surface area contributed by atoms with Gasteiger partial charge in [0.05, 0.1) is 0 Å². The van der Waals surface area contributed by atoms with E-state index < -0.39 is 0 Å². The maximum atomic E-state index is 11.0. The summed E-state index contributed by atoms with van der Waals surface area (Å²) >= 11 is 0. The first-order chi connectivity index (χ1) is 6.33. The van der Waals surface area contributed by atoms with Gasteiger partial charge < -0.3 is 5.32 Å². The average molecular weight is 177 g/mol. The quantitative estimate of drug-likeness (QED) is 0.428. The van der Waals surface area contributed by atoms with Crippen molar-refractivity contribution in [3.8, 4) is 0 Å². The van der Waals surface area contributed by atoms with Crippen molar-refractivity contribution >= 4 is 11.6 Å². The summed E-state index contributed by atoms with van der Waals surface area (Å²) < 4.78 is 0. The van der Waals surface area contributed by atoms with Crippen LogP contribution in [0, 0.1) is 0 Å². The van der Waals surface area contributed by atoms with Crippen molar-refractivity contribution in [2.75, 3.05) is 11.9 Å². The number of hydrogen-bond donors (Lipinski definition) is 1. The minimum absolute atomic E-state index is 0.196. The van der Waals surface area contributed by atoms with Crippen LogP contribution in [0.1, 0.15) is 0 Å². The Bertz CT molecular complexity index is 330. The summed E-state index contributed by atoms with van der Waals surface area (Å²) in [5.41, 5.74) is 8.58. The van der Waals surface area contributed by atoms with E-state index >= 15 is 0 Å². The van der Waals surface area contributed by atoms with E-state index in [1.165, 1.54) is 0 Å². The molecule has 1 N–H and O–H groups in total. The molecular formula is C7H7N5O. The van der Waals surface area contributed by atoms with Crippen molar-refractivity contribution in [2.45, 2.75) is 0 Å². The summed E-state index contributed by atoms with van der Waals surface area (Å²) in [5, 5.41) is 5.65. The van der Waals surface area contributed by atoms with Crippen molar-refractivity contribution in [3.05, 3.63) is 35.0 Å². The average Bonchev–Trinajstić information content (AvgIpc) is 2.16. The molecule has 66 valence electrons. The third-order valence-electron chi connectivity index (χ3n) is 1.24. The Morgan fingerprint density at radius 2 is 2.31 bits per heavy atom.